The Kier molecular flexibility index (Phi) is 11.0. The number of alkyl halides is 2. The van der Waals surface area contributed by atoms with Crippen molar-refractivity contribution in [3.05, 3.63) is 35.4 Å². The van der Waals surface area contributed by atoms with E-state index in [2.05, 4.69) is 11.8 Å². The standard InChI is InChI=1S/C8H9F2O2PS.2K/c1-6-2-4-7(5-3-6)8(9,10)13(11,12)14;;/h2-5H,1H3,(H2,11,12,14);;/q;2*+1/p-2. The molecular formula is C8H7F2K2O2PS. The maximum Gasteiger partial charge on any atom is 1.00 e. The van der Waals surface area contributed by atoms with Crippen molar-refractivity contribution in [2.45, 2.75) is 12.6 Å². The molecule has 0 heterocycles. The van der Waals surface area contributed by atoms with E-state index in [1.165, 1.54) is 12.1 Å². The van der Waals surface area contributed by atoms with Crippen LogP contribution in [0.1, 0.15) is 11.1 Å². The van der Waals surface area contributed by atoms with E-state index < -0.39 is 17.7 Å². The summed E-state index contributed by atoms with van der Waals surface area (Å²) in [7, 11) is 0. The molecule has 0 aliphatic heterocycles. The zero-order valence-corrected chi connectivity index (χ0v) is 17.2. The molecule has 78 valence electrons. The fraction of sp³-hybridized carbons (Fsp3) is 0.250. The second kappa shape index (κ2) is 8.26. The normalized spacial score (nSPS) is 11.3. The van der Waals surface area contributed by atoms with Crippen LogP contribution in [0.4, 0.5) is 8.78 Å². The third kappa shape index (κ3) is 5.50. The average molecular weight is 314 g/mol. The van der Waals surface area contributed by atoms with E-state index in [1.807, 2.05) is 0 Å². The molecule has 0 fully saturated rings. The van der Waals surface area contributed by atoms with Crippen molar-refractivity contribution in [2.75, 3.05) is 0 Å². The molecule has 0 N–H and O–H groups in total. The summed E-state index contributed by atoms with van der Waals surface area (Å²) < 4.78 is 26.2. The smallest absolute Gasteiger partial charge is 0.828 e. The largest absolute Gasteiger partial charge is 1.00 e. The van der Waals surface area contributed by atoms with Crippen LogP contribution in [0.5, 0.6) is 0 Å². The number of hydrogen-bond acceptors (Lipinski definition) is 3. The predicted octanol–water partition coefficient (Wildman–Crippen LogP) is -4.92. The average Bonchev–Trinajstić information content (AvgIpc) is 2.03. The van der Waals surface area contributed by atoms with Crippen LogP contribution in [0.15, 0.2) is 24.3 Å². The first-order valence-corrected chi connectivity index (χ1v) is 6.36. The summed E-state index contributed by atoms with van der Waals surface area (Å²) in [4.78, 5) is 21.3. The number of rotatable bonds is 2. The molecule has 2 nitrogen and oxygen atoms in total. The number of hydrogen-bond donors (Lipinski definition) is 0. The van der Waals surface area contributed by atoms with Gasteiger partial charge in [0.25, 0.3) is 5.66 Å². The van der Waals surface area contributed by atoms with Gasteiger partial charge < -0.3 is 9.79 Å². The molecule has 0 saturated carbocycles. The van der Waals surface area contributed by atoms with Crippen LogP contribution in [0.3, 0.4) is 0 Å². The van der Waals surface area contributed by atoms with Gasteiger partial charge in [0.2, 0.25) is 0 Å². The molecule has 1 rings (SSSR count). The number of halogens is 2. The first-order valence-electron chi connectivity index (χ1n) is 3.72. The third-order valence-electron chi connectivity index (χ3n) is 1.74. The summed E-state index contributed by atoms with van der Waals surface area (Å²) in [5.41, 5.74) is -3.78. The Hall–Kier alpha value is 2.92. The molecule has 0 amide bonds. The van der Waals surface area contributed by atoms with Gasteiger partial charge in [-0.1, -0.05) is 29.8 Å². The van der Waals surface area contributed by atoms with Gasteiger partial charge in [-0.15, -0.1) is 18.3 Å². The zero-order chi connectivity index (χ0) is 11.0. The van der Waals surface area contributed by atoms with Crippen LogP contribution < -0.4 is 113 Å². The summed E-state index contributed by atoms with van der Waals surface area (Å²) in [5, 5.41) is 0. The van der Waals surface area contributed by atoms with Crippen LogP contribution in [0, 0.1) is 6.92 Å². The topological polar surface area (TPSA) is 46.1 Å². The van der Waals surface area contributed by atoms with Crippen molar-refractivity contribution >= 4 is 18.3 Å². The summed E-state index contributed by atoms with van der Waals surface area (Å²) >= 11 is 3.79. The van der Waals surface area contributed by atoms with Crippen LogP contribution >= 0.6 is 6.49 Å². The minimum atomic E-state index is -5.11. The Morgan fingerprint density at radius 1 is 1.12 bits per heavy atom. The zero-order valence-electron chi connectivity index (χ0n) is 9.24. The molecule has 0 atom stereocenters. The first-order chi connectivity index (χ1) is 6.25. The molecule has 1 aromatic rings. The summed E-state index contributed by atoms with van der Waals surface area (Å²) in [6.07, 6.45) is 0. The van der Waals surface area contributed by atoms with E-state index in [9.17, 15) is 18.6 Å². The summed E-state index contributed by atoms with van der Waals surface area (Å²) in [6, 6.07) is 4.95. The molecule has 0 unspecified atom stereocenters. The second-order valence-corrected chi connectivity index (χ2v) is 5.90. The van der Waals surface area contributed by atoms with Gasteiger partial charge in [-0.3, -0.25) is 0 Å². The molecular weight excluding hydrogens is 307 g/mol. The van der Waals surface area contributed by atoms with Gasteiger partial charge in [0.1, 0.15) is 0 Å². The van der Waals surface area contributed by atoms with E-state index in [0.29, 0.717) is 0 Å². The fourth-order valence-electron chi connectivity index (χ4n) is 0.912. The van der Waals surface area contributed by atoms with Crippen molar-refractivity contribution in [3.8, 4) is 0 Å². The van der Waals surface area contributed by atoms with Crippen molar-refractivity contribution in [2.24, 2.45) is 0 Å². The Morgan fingerprint density at radius 3 is 1.81 bits per heavy atom. The molecule has 0 radical (unpaired) electrons. The van der Waals surface area contributed by atoms with Crippen LogP contribution in [0.25, 0.3) is 0 Å². The van der Waals surface area contributed by atoms with Gasteiger partial charge in [-0.05, 0) is 6.92 Å². The Morgan fingerprint density at radius 2 is 1.50 bits per heavy atom. The Balaban J connectivity index is 0. The van der Waals surface area contributed by atoms with Crippen molar-refractivity contribution in [1.29, 1.82) is 0 Å². The van der Waals surface area contributed by atoms with Gasteiger partial charge in [0.05, 0.1) is 0 Å². The van der Waals surface area contributed by atoms with E-state index >= 15 is 0 Å². The minimum Gasteiger partial charge on any atom is -0.828 e. The van der Waals surface area contributed by atoms with E-state index in [4.69, 9.17) is 0 Å². The van der Waals surface area contributed by atoms with E-state index in [0.717, 1.165) is 17.7 Å². The maximum absolute atomic E-state index is 13.1. The third-order valence-corrected chi connectivity index (χ3v) is 3.38. The van der Waals surface area contributed by atoms with Gasteiger partial charge in [0.15, 0.2) is 0 Å². The Bertz CT molecular complexity index is 380. The molecule has 1 aromatic carbocycles. The van der Waals surface area contributed by atoms with Crippen LogP contribution in [-0.4, -0.2) is 0 Å². The van der Waals surface area contributed by atoms with Gasteiger partial charge >= 0.3 is 103 Å². The SMILES string of the molecule is Cc1ccc(C(F)(F)P([O-])([O-])=S)cc1.[K+].[K+]. The predicted molar refractivity (Wildman–Crippen MR) is 49.4 cm³/mol. The summed E-state index contributed by atoms with van der Waals surface area (Å²) in [5.74, 6) is 0. The molecule has 0 aliphatic carbocycles. The molecule has 16 heavy (non-hydrogen) atoms. The number of benzene rings is 1. The fourth-order valence-corrected chi connectivity index (χ4v) is 1.69. The van der Waals surface area contributed by atoms with Gasteiger partial charge in [-0.2, -0.15) is 8.78 Å². The molecule has 0 aliphatic rings. The minimum absolute atomic E-state index is 0. The quantitative estimate of drug-likeness (QED) is 0.406. The molecule has 0 spiro atoms. The van der Waals surface area contributed by atoms with Crippen LogP contribution in [0.2, 0.25) is 0 Å². The monoisotopic (exact) mass is 314 g/mol. The van der Waals surface area contributed by atoms with Gasteiger partial charge in [0, 0.05) is 5.56 Å². The summed E-state index contributed by atoms with van der Waals surface area (Å²) in [6.45, 7) is -3.39. The van der Waals surface area contributed by atoms with Crippen molar-refractivity contribution in [1.82, 2.24) is 0 Å². The first kappa shape index (κ1) is 21.2. The van der Waals surface area contributed by atoms with E-state index in [1.54, 1.807) is 6.92 Å². The molecule has 8 heteroatoms. The number of aryl methyl sites for hydroxylation is 1. The molecule has 0 saturated heterocycles. The molecule has 0 aromatic heterocycles. The second-order valence-electron chi connectivity index (χ2n) is 2.90. The van der Waals surface area contributed by atoms with Gasteiger partial charge in [-0.25, -0.2) is 0 Å². The maximum atomic E-state index is 13.1. The van der Waals surface area contributed by atoms with E-state index in [-0.39, 0.29) is 103 Å². The van der Waals surface area contributed by atoms with Crippen molar-refractivity contribution < 1.29 is 121 Å². The Labute approximate surface area is 183 Å². The molecule has 0 bridgehead atoms. The van der Waals surface area contributed by atoms with Crippen molar-refractivity contribution in [3.63, 3.8) is 0 Å². The van der Waals surface area contributed by atoms with Crippen LogP contribution in [-0.2, 0) is 17.5 Å².